The fourth-order valence-electron chi connectivity index (χ4n) is 1.36. The summed E-state index contributed by atoms with van der Waals surface area (Å²) in [6.45, 7) is 3.07. The third kappa shape index (κ3) is 3.10. The van der Waals surface area contributed by atoms with E-state index < -0.39 is 23.2 Å². The van der Waals surface area contributed by atoms with Gasteiger partial charge in [-0.15, -0.1) is 0 Å². The van der Waals surface area contributed by atoms with Crippen molar-refractivity contribution in [3.8, 4) is 0 Å². The van der Waals surface area contributed by atoms with Crippen molar-refractivity contribution < 1.29 is 18.3 Å². The zero-order chi connectivity index (χ0) is 12.5. The van der Waals surface area contributed by atoms with Crippen molar-refractivity contribution in [2.75, 3.05) is 18.5 Å². The van der Waals surface area contributed by atoms with E-state index in [1.807, 2.05) is 0 Å². The van der Waals surface area contributed by atoms with Gasteiger partial charge >= 0.3 is 0 Å². The van der Waals surface area contributed by atoms with Gasteiger partial charge in [0.05, 0.1) is 5.60 Å². The maximum absolute atomic E-state index is 13.3. The fourth-order valence-corrected chi connectivity index (χ4v) is 1.36. The minimum absolute atomic E-state index is 0.0436. The minimum Gasteiger partial charge on any atom is -0.389 e. The summed E-state index contributed by atoms with van der Waals surface area (Å²) >= 11 is 0. The fraction of sp³-hybridized carbons (Fsp3) is 0.500. The van der Waals surface area contributed by atoms with Crippen LogP contribution in [0.1, 0.15) is 13.8 Å². The Morgan fingerprint density at radius 2 is 1.88 bits per heavy atom. The summed E-state index contributed by atoms with van der Waals surface area (Å²) < 4.78 is 38.7. The second kappa shape index (κ2) is 4.29. The van der Waals surface area contributed by atoms with E-state index in [0.29, 0.717) is 6.07 Å². The Balaban J connectivity index is 3.00. The summed E-state index contributed by atoms with van der Waals surface area (Å²) in [6, 6.07) is 0.429. The molecular weight excluding hydrogens is 221 g/mol. The molecule has 3 nitrogen and oxygen atoms in total. The molecule has 0 spiro atoms. The number of hydrogen-bond donors (Lipinski definition) is 1. The number of halogens is 3. The molecule has 16 heavy (non-hydrogen) atoms. The highest BCUT2D eigenvalue weighted by atomic mass is 19.2. The lowest BCUT2D eigenvalue weighted by Crippen LogP contribution is -2.37. The van der Waals surface area contributed by atoms with Crippen LogP contribution in [0.25, 0.3) is 0 Å². The smallest absolute Gasteiger partial charge is 0.251 e. The number of anilines is 1. The maximum atomic E-state index is 13.3. The highest BCUT2D eigenvalue weighted by Gasteiger charge is 2.20. The van der Waals surface area contributed by atoms with Gasteiger partial charge in [0.25, 0.3) is 5.95 Å². The standard InChI is InChI=1S/C10H13F3N2O/c1-10(2,16)5-15(3)9-7(12)4-6(11)8(13)14-9/h4,16H,5H2,1-3H3. The zero-order valence-corrected chi connectivity index (χ0v) is 9.26. The lowest BCUT2D eigenvalue weighted by molar-refractivity contribution is 0.0882. The first-order valence-electron chi connectivity index (χ1n) is 4.66. The molecule has 1 aromatic rings. The van der Waals surface area contributed by atoms with Crippen molar-refractivity contribution in [2.45, 2.75) is 19.4 Å². The Kier molecular flexibility index (Phi) is 3.42. The van der Waals surface area contributed by atoms with Gasteiger partial charge in [-0.25, -0.2) is 8.78 Å². The lowest BCUT2D eigenvalue weighted by atomic mass is 10.1. The summed E-state index contributed by atoms with van der Waals surface area (Å²) in [5, 5.41) is 9.50. The predicted molar refractivity (Wildman–Crippen MR) is 53.7 cm³/mol. The predicted octanol–water partition coefficient (Wildman–Crippen LogP) is 1.71. The van der Waals surface area contributed by atoms with Gasteiger partial charge < -0.3 is 10.0 Å². The van der Waals surface area contributed by atoms with E-state index >= 15 is 0 Å². The van der Waals surface area contributed by atoms with Gasteiger partial charge in [-0.2, -0.15) is 9.37 Å². The van der Waals surface area contributed by atoms with Crippen LogP contribution in [0.5, 0.6) is 0 Å². The van der Waals surface area contributed by atoms with E-state index in [-0.39, 0.29) is 12.4 Å². The van der Waals surface area contributed by atoms with Gasteiger partial charge in [-0.3, -0.25) is 0 Å². The van der Waals surface area contributed by atoms with Crippen LogP contribution in [0.4, 0.5) is 19.0 Å². The molecule has 0 saturated carbocycles. The molecule has 6 heteroatoms. The van der Waals surface area contributed by atoms with Crippen LogP contribution in [0.2, 0.25) is 0 Å². The van der Waals surface area contributed by atoms with Gasteiger partial charge in [0.1, 0.15) is 0 Å². The number of rotatable bonds is 3. The topological polar surface area (TPSA) is 36.4 Å². The molecule has 1 rings (SSSR count). The summed E-state index contributed by atoms with van der Waals surface area (Å²) in [7, 11) is 1.43. The Morgan fingerprint density at radius 3 is 2.38 bits per heavy atom. The average Bonchev–Trinajstić information content (AvgIpc) is 2.08. The van der Waals surface area contributed by atoms with Crippen LogP contribution < -0.4 is 4.90 Å². The van der Waals surface area contributed by atoms with Crippen LogP contribution in [0.15, 0.2) is 6.07 Å². The molecule has 1 heterocycles. The number of hydrogen-bond acceptors (Lipinski definition) is 3. The number of aliphatic hydroxyl groups is 1. The molecule has 1 N–H and O–H groups in total. The van der Waals surface area contributed by atoms with Crippen LogP contribution >= 0.6 is 0 Å². The Hall–Kier alpha value is -1.30. The second-order valence-corrected chi connectivity index (χ2v) is 4.23. The van der Waals surface area contributed by atoms with Gasteiger partial charge in [0.15, 0.2) is 17.5 Å². The van der Waals surface area contributed by atoms with Gasteiger partial charge in [0.2, 0.25) is 0 Å². The molecule has 0 fully saturated rings. The van der Waals surface area contributed by atoms with Crippen LogP contribution in [0, 0.1) is 17.6 Å². The maximum Gasteiger partial charge on any atom is 0.251 e. The van der Waals surface area contributed by atoms with E-state index in [1.165, 1.54) is 25.8 Å². The Morgan fingerprint density at radius 1 is 1.31 bits per heavy atom. The van der Waals surface area contributed by atoms with Crippen molar-refractivity contribution in [1.29, 1.82) is 0 Å². The molecule has 0 amide bonds. The average molecular weight is 234 g/mol. The first kappa shape index (κ1) is 12.8. The molecule has 0 aliphatic heterocycles. The second-order valence-electron chi connectivity index (χ2n) is 4.23. The molecular formula is C10H13F3N2O. The van der Waals surface area contributed by atoms with E-state index in [2.05, 4.69) is 4.98 Å². The molecule has 0 aliphatic carbocycles. The van der Waals surface area contributed by atoms with Crippen LogP contribution in [-0.4, -0.2) is 29.3 Å². The summed E-state index contributed by atoms with van der Waals surface area (Å²) in [6.07, 6.45) is 0. The number of pyridine rings is 1. The van der Waals surface area contributed by atoms with E-state index in [1.54, 1.807) is 0 Å². The molecule has 0 atom stereocenters. The number of nitrogens with zero attached hydrogens (tertiary/aromatic N) is 2. The first-order chi connectivity index (χ1) is 7.20. The highest BCUT2D eigenvalue weighted by molar-refractivity contribution is 5.39. The number of likely N-dealkylation sites (N-methyl/N-ethyl adjacent to an activating group) is 1. The Bertz CT molecular complexity index is 390. The van der Waals surface area contributed by atoms with Crippen LogP contribution in [-0.2, 0) is 0 Å². The van der Waals surface area contributed by atoms with Crippen molar-refractivity contribution in [3.05, 3.63) is 23.6 Å². The molecule has 0 saturated heterocycles. The van der Waals surface area contributed by atoms with E-state index in [9.17, 15) is 18.3 Å². The van der Waals surface area contributed by atoms with E-state index in [0.717, 1.165) is 0 Å². The summed E-state index contributed by atoms with van der Waals surface area (Å²) in [4.78, 5) is 4.37. The van der Waals surface area contributed by atoms with Crippen molar-refractivity contribution >= 4 is 5.82 Å². The SMILES string of the molecule is CN(CC(C)(C)O)c1nc(F)c(F)cc1F. The Labute approximate surface area is 91.5 Å². The molecule has 0 aromatic carbocycles. The normalized spacial score (nSPS) is 11.7. The third-order valence-corrected chi connectivity index (χ3v) is 1.85. The quantitative estimate of drug-likeness (QED) is 0.809. The monoisotopic (exact) mass is 234 g/mol. The van der Waals surface area contributed by atoms with E-state index in [4.69, 9.17) is 0 Å². The van der Waals surface area contributed by atoms with Crippen molar-refractivity contribution in [1.82, 2.24) is 4.98 Å². The highest BCUT2D eigenvalue weighted by Crippen LogP contribution is 2.19. The largest absolute Gasteiger partial charge is 0.389 e. The van der Waals surface area contributed by atoms with Gasteiger partial charge in [-0.1, -0.05) is 0 Å². The molecule has 1 aromatic heterocycles. The van der Waals surface area contributed by atoms with Crippen molar-refractivity contribution in [3.63, 3.8) is 0 Å². The van der Waals surface area contributed by atoms with Crippen LogP contribution in [0.3, 0.4) is 0 Å². The zero-order valence-electron chi connectivity index (χ0n) is 9.26. The minimum atomic E-state index is -1.36. The first-order valence-corrected chi connectivity index (χ1v) is 4.66. The van der Waals surface area contributed by atoms with Gasteiger partial charge in [-0.05, 0) is 13.8 Å². The summed E-state index contributed by atoms with van der Waals surface area (Å²) in [5.41, 5.74) is -1.09. The molecule has 0 bridgehead atoms. The van der Waals surface area contributed by atoms with Crippen molar-refractivity contribution in [2.24, 2.45) is 0 Å². The lowest BCUT2D eigenvalue weighted by Gasteiger charge is -2.26. The number of aromatic nitrogens is 1. The summed E-state index contributed by atoms with van der Waals surface area (Å²) in [5.74, 6) is -4.00. The van der Waals surface area contributed by atoms with Gasteiger partial charge in [0, 0.05) is 19.7 Å². The molecule has 0 aliphatic rings. The third-order valence-electron chi connectivity index (χ3n) is 1.85. The molecule has 90 valence electrons. The molecule has 0 unspecified atom stereocenters. The molecule has 0 radical (unpaired) electrons.